The Bertz CT molecular complexity index is 454. The lowest BCUT2D eigenvalue weighted by atomic mass is 10.0. The van der Waals surface area contributed by atoms with Gasteiger partial charge >= 0.3 is 0 Å². The summed E-state index contributed by atoms with van der Waals surface area (Å²) in [6.45, 7) is 9.81. The van der Waals surface area contributed by atoms with Gasteiger partial charge in [-0.15, -0.1) is 0 Å². The van der Waals surface area contributed by atoms with Crippen molar-refractivity contribution in [3.63, 3.8) is 0 Å². The normalized spacial score (nSPS) is 22.3. The van der Waals surface area contributed by atoms with Crippen LogP contribution in [0.1, 0.15) is 44.6 Å². The van der Waals surface area contributed by atoms with Gasteiger partial charge in [-0.3, -0.25) is 9.78 Å². The van der Waals surface area contributed by atoms with Gasteiger partial charge in [-0.25, -0.2) is 0 Å². The molecule has 0 spiro atoms. The first-order valence-electron chi connectivity index (χ1n) is 6.83. The zero-order valence-corrected chi connectivity index (χ0v) is 12.1. The summed E-state index contributed by atoms with van der Waals surface area (Å²) in [7, 11) is 0. The molecule has 0 N–H and O–H groups in total. The van der Waals surface area contributed by atoms with Crippen LogP contribution in [0.2, 0.25) is 0 Å². The van der Waals surface area contributed by atoms with Crippen molar-refractivity contribution in [2.45, 2.75) is 45.8 Å². The number of carbonyl (C=O) groups is 1. The lowest BCUT2D eigenvalue weighted by molar-refractivity contribution is -0.0749. The van der Waals surface area contributed by atoms with Crippen LogP contribution in [-0.4, -0.2) is 35.6 Å². The molecule has 0 radical (unpaired) electrons. The number of pyridine rings is 1. The van der Waals surface area contributed by atoms with Crippen LogP contribution in [0, 0.1) is 0 Å². The van der Waals surface area contributed by atoms with Gasteiger partial charge in [0.1, 0.15) is 5.69 Å². The topological polar surface area (TPSA) is 42.4 Å². The maximum absolute atomic E-state index is 11.6. The summed E-state index contributed by atoms with van der Waals surface area (Å²) in [4.78, 5) is 18.1. The summed E-state index contributed by atoms with van der Waals surface area (Å²) in [6.07, 6.45) is 2.48. The van der Waals surface area contributed by atoms with Crippen LogP contribution in [0.4, 0.5) is 5.69 Å². The van der Waals surface area contributed by atoms with Crippen LogP contribution >= 0.6 is 0 Å². The molecule has 4 heteroatoms. The van der Waals surface area contributed by atoms with Crippen LogP contribution in [0.5, 0.6) is 0 Å². The molecule has 1 atom stereocenters. The standard InChI is InChI=1S/C15H22N2O2/c1-5-14(18)13-7-6-12(8-16-13)17-9-11(2)19-15(3,4)10-17/h6-8,11H,5,9-10H2,1-4H3. The molecule has 1 aromatic rings. The molecular formula is C15H22N2O2. The summed E-state index contributed by atoms with van der Waals surface area (Å²) in [5.74, 6) is 0.0854. The average Bonchev–Trinajstić information content (AvgIpc) is 2.35. The van der Waals surface area contributed by atoms with E-state index in [0.29, 0.717) is 12.1 Å². The van der Waals surface area contributed by atoms with Gasteiger partial charge in [-0.2, -0.15) is 0 Å². The Morgan fingerprint density at radius 3 is 2.79 bits per heavy atom. The minimum atomic E-state index is -0.157. The largest absolute Gasteiger partial charge is 0.369 e. The highest BCUT2D eigenvalue weighted by molar-refractivity contribution is 5.94. The third kappa shape index (κ3) is 3.32. The quantitative estimate of drug-likeness (QED) is 0.785. The Morgan fingerprint density at radius 1 is 1.53 bits per heavy atom. The van der Waals surface area contributed by atoms with Crippen LogP contribution in [-0.2, 0) is 4.74 Å². The van der Waals surface area contributed by atoms with Crippen molar-refractivity contribution in [1.82, 2.24) is 4.98 Å². The van der Waals surface area contributed by atoms with Crippen molar-refractivity contribution in [1.29, 1.82) is 0 Å². The zero-order valence-electron chi connectivity index (χ0n) is 12.1. The Hall–Kier alpha value is -1.42. The Labute approximate surface area is 114 Å². The van der Waals surface area contributed by atoms with Crippen molar-refractivity contribution in [3.8, 4) is 0 Å². The fraction of sp³-hybridized carbons (Fsp3) is 0.600. The lowest BCUT2D eigenvalue weighted by Gasteiger charge is -2.42. The van der Waals surface area contributed by atoms with Gasteiger partial charge in [-0.1, -0.05) is 6.92 Å². The predicted octanol–water partition coefficient (Wildman–Crippen LogP) is 2.68. The highest BCUT2D eigenvalue weighted by atomic mass is 16.5. The molecular weight excluding hydrogens is 240 g/mol. The van der Waals surface area contributed by atoms with Crippen molar-refractivity contribution in [3.05, 3.63) is 24.0 Å². The number of carbonyl (C=O) groups excluding carboxylic acids is 1. The molecule has 104 valence electrons. The summed E-state index contributed by atoms with van der Waals surface area (Å²) < 4.78 is 5.89. The first-order chi connectivity index (χ1) is 8.91. The monoisotopic (exact) mass is 262 g/mol. The van der Waals surface area contributed by atoms with Gasteiger partial charge in [0.05, 0.1) is 23.6 Å². The van der Waals surface area contributed by atoms with Crippen LogP contribution in [0.3, 0.4) is 0 Å². The number of hydrogen-bond donors (Lipinski definition) is 0. The number of hydrogen-bond acceptors (Lipinski definition) is 4. The average molecular weight is 262 g/mol. The van der Waals surface area contributed by atoms with E-state index in [1.807, 2.05) is 19.1 Å². The maximum atomic E-state index is 11.6. The number of anilines is 1. The molecule has 1 aliphatic rings. The highest BCUT2D eigenvalue weighted by Gasteiger charge is 2.31. The van der Waals surface area contributed by atoms with Gasteiger partial charge in [0.2, 0.25) is 0 Å². The van der Waals surface area contributed by atoms with Crippen molar-refractivity contribution < 1.29 is 9.53 Å². The predicted molar refractivity (Wildman–Crippen MR) is 75.7 cm³/mol. The number of aromatic nitrogens is 1. The Balaban J connectivity index is 2.15. The second kappa shape index (κ2) is 5.29. The fourth-order valence-electron chi connectivity index (χ4n) is 2.57. The first-order valence-corrected chi connectivity index (χ1v) is 6.83. The van der Waals surface area contributed by atoms with E-state index >= 15 is 0 Å². The second-order valence-electron chi connectivity index (χ2n) is 5.75. The number of ether oxygens (including phenoxy) is 1. The number of Topliss-reactive ketones (excluding diaryl/α,β-unsaturated/α-hetero) is 1. The minimum Gasteiger partial charge on any atom is -0.369 e. The third-order valence-corrected chi connectivity index (χ3v) is 3.29. The van der Waals surface area contributed by atoms with E-state index in [2.05, 4.69) is 30.7 Å². The first kappa shape index (κ1) is 14.0. The molecule has 4 nitrogen and oxygen atoms in total. The third-order valence-electron chi connectivity index (χ3n) is 3.29. The van der Waals surface area contributed by atoms with Gasteiger partial charge in [-0.05, 0) is 32.9 Å². The molecule has 0 aromatic carbocycles. The summed E-state index contributed by atoms with van der Waals surface area (Å²) in [5.41, 5.74) is 1.44. The molecule has 0 bridgehead atoms. The molecule has 1 aliphatic heterocycles. The number of ketones is 1. The molecule has 0 amide bonds. The van der Waals surface area contributed by atoms with Crippen molar-refractivity contribution >= 4 is 11.5 Å². The van der Waals surface area contributed by atoms with Crippen LogP contribution in [0.25, 0.3) is 0 Å². The smallest absolute Gasteiger partial charge is 0.180 e. The van der Waals surface area contributed by atoms with E-state index in [1.54, 1.807) is 6.20 Å². The van der Waals surface area contributed by atoms with E-state index < -0.39 is 0 Å². The Morgan fingerprint density at radius 2 is 2.26 bits per heavy atom. The van der Waals surface area contributed by atoms with Gasteiger partial charge in [0.25, 0.3) is 0 Å². The molecule has 1 aromatic heterocycles. The Kier molecular flexibility index (Phi) is 3.90. The molecule has 0 aliphatic carbocycles. The summed E-state index contributed by atoms with van der Waals surface area (Å²) in [6, 6.07) is 3.79. The second-order valence-corrected chi connectivity index (χ2v) is 5.75. The van der Waals surface area contributed by atoms with E-state index in [-0.39, 0.29) is 17.5 Å². The molecule has 19 heavy (non-hydrogen) atoms. The molecule has 1 unspecified atom stereocenters. The van der Waals surface area contributed by atoms with Gasteiger partial charge in [0, 0.05) is 19.5 Å². The fourth-order valence-corrected chi connectivity index (χ4v) is 2.57. The van der Waals surface area contributed by atoms with Gasteiger partial charge < -0.3 is 9.64 Å². The number of morpholine rings is 1. The van der Waals surface area contributed by atoms with Crippen molar-refractivity contribution in [2.24, 2.45) is 0 Å². The molecule has 2 heterocycles. The molecule has 1 fully saturated rings. The van der Waals surface area contributed by atoms with E-state index in [0.717, 1.165) is 18.8 Å². The lowest BCUT2D eigenvalue weighted by Crippen LogP contribution is -2.52. The van der Waals surface area contributed by atoms with Gasteiger partial charge in [0.15, 0.2) is 5.78 Å². The highest BCUT2D eigenvalue weighted by Crippen LogP contribution is 2.25. The zero-order chi connectivity index (χ0) is 14.0. The molecule has 1 saturated heterocycles. The van der Waals surface area contributed by atoms with E-state index in [1.165, 1.54) is 0 Å². The molecule has 0 saturated carbocycles. The van der Waals surface area contributed by atoms with Crippen molar-refractivity contribution in [2.75, 3.05) is 18.0 Å². The minimum absolute atomic E-state index is 0.0854. The molecule has 2 rings (SSSR count). The number of nitrogens with zero attached hydrogens (tertiary/aromatic N) is 2. The summed E-state index contributed by atoms with van der Waals surface area (Å²) in [5, 5.41) is 0. The van der Waals surface area contributed by atoms with E-state index in [9.17, 15) is 4.79 Å². The van der Waals surface area contributed by atoms with Crippen LogP contribution in [0.15, 0.2) is 18.3 Å². The van der Waals surface area contributed by atoms with E-state index in [4.69, 9.17) is 4.74 Å². The summed E-state index contributed by atoms with van der Waals surface area (Å²) >= 11 is 0. The number of rotatable bonds is 3. The SMILES string of the molecule is CCC(=O)c1ccc(N2CC(C)OC(C)(C)C2)cn1. The van der Waals surface area contributed by atoms with Crippen LogP contribution < -0.4 is 4.90 Å². The maximum Gasteiger partial charge on any atom is 0.180 e.